The number of nitrogens with zero attached hydrogens (tertiary/aromatic N) is 3. The van der Waals surface area contributed by atoms with Gasteiger partial charge in [-0.3, -0.25) is 9.69 Å². The van der Waals surface area contributed by atoms with Crippen LogP contribution in [-0.4, -0.2) is 28.3 Å². The van der Waals surface area contributed by atoms with E-state index in [4.69, 9.17) is 5.73 Å². The normalized spacial score (nSPS) is 27.1. The topological polar surface area (TPSA) is 64.2 Å². The van der Waals surface area contributed by atoms with Crippen LogP contribution >= 0.6 is 0 Å². The van der Waals surface area contributed by atoms with Crippen LogP contribution in [0.5, 0.6) is 0 Å². The van der Waals surface area contributed by atoms with Crippen molar-refractivity contribution >= 4 is 11.7 Å². The van der Waals surface area contributed by atoms with Crippen LogP contribution in [0, 0.1) is 5.92 Å². The van der Waals surface area contributed by atoms with Crippen molar-refractivity contribution in [1.82, 2.24) is 9.78 Å². The van der Waals surface area contributed by atoms with E-state index in [1.54, 1.807) is 6.20 Å². The van der Waals surface area contributed by atoms with Crippen LogP contribution in [0.4, 0.5) is 5.82 Å². The molecule has 5 heteroatoms. The molecule has 1 aromatic rings. The Bertz CT molecular complexity index is 456. The number of aryl methyl sites for hydroxylation is 1. The molecule has 0 unspecified atom stereocenters. The number of carbonyl (C=O) groups excluding carboxylic acids is 1. The number of rotatable bonds is 2. The van der Waals surface area contributed by atoms with Gasteiger partial charge in [0.1, 0.15) is 5.82 Å². The summed E-state index contributed by atoms with van der Waals surface area (Å²) in [6.45, 7) is 1.72. The number of hydrogen-bond acceptors (Lipinski definition) is 3. The molecule has 2 N–H and O–H groups in total. The monoisotopic (exact) mass is 262 g/mol. The molecule has 5 nitrogen and oxygen atoms in total. The first-order valence-corrected chi connectivity index (χ1v) is 7.33. The summed E-state index contributed by atoms with van der Waals surface area (Å²) in [5.41, 5.74) is 6.14. The lowest BCUT2D eigenvalue weighted by Gasteiger charge is -2.32. The molecule has 2 heterocycles. The van der Waals surface area contributed by atoms with Crippen molar-refractivity contribution in [1.29, 1.82) is 0 Å². The number of aromatic nitrogens is 2. The second kappa shape index (κ2) is 5.33. The first-order chi connectivity index (χ1) is 9.25. The minimum absolute atomic E-state index is 0.201. The molecule has 2 atom stereocenters. The predicted molar refractivity (Wildman–Crippen MR) is 73.7 cm³/mol. The van der Waals surface area contributed by atoms with Crippen LogP contribution < -0.4 is 10.6 Å². The molecule has 19 heavy (non-hydrogen) atoms. The van der Waals surface area contributed by atoms with Gasteiger partial charge in [0.25, 0.3) is 0 Å². The van der Waals surface area contributed by atoms with Crippen LogP contribution in [0.1, 0.15) is 38.5 Å². The van der Waals surface area contributed by atoms with Crippen LogP contribution in [0.2, 0.25) is 0 Å². The Hall–Kier alpha value is -1.36. The Morgan fingerprint density at radius 1 is 1.32 bits per heavy atom. The van der Waals surface area contributed by atoms with Gasteiger partial charge in [-0.25, -0.2) is 4.68 Å². The van der Waals surface area contributed by atoms with Crippen LogP contribution in [-0.2, 0) is 11.3 Å². The summed E-state index contributed by atoms with van der Waals surface area (Å²) in [4.78, 5) is 14.4. The van der Waals surface area contributed by atoms with Gasteiger partial charge < -0.3 is 5.73 Å². The van der Waals surface area contributed by atoms with Crippen molar-refractivity contribution in [3.8, 4) is 0 Å². The third kappa shape index (κ3) is 2.52. The molecule has 0 radical (unpaired) electrons. The average molecular weight is 262 g/mol. The number of fused-ring (bicyclic) bond motifs is 1. The van der Waals surface area contributed by atoms with Gasteiger partial charge in [0.05, 0.1) is 6.20 Å². The minimum Gasteiger partial charge on any atom is -0.327 e. The fourth-order valence-corrected chi connectivity index (χ4v) is 3.30. The Labute approximate surface area is 113 Å². The van der Waals surface area contributed by atoms with Crippen molar-refractivity contribution in [3.05, 3.63) is 12.3 Å². The Kier molecular flexibility index (Phi) is 3.55. The third-order valence-corrected chi connectivity index (χ3v) is 4.43. The lowest BCUT2D eigenvalue weighted by molar-refractivity contribution is -0.120. The van der Waals surface area contributed by atoms with E-state index in [1.165, 1.54) is 12.8 Å². The molecule has 1 saturated carbocycles. The maximum Gasteiger partial charge on any atom is 0.228 e. The summed E-state index contributed by atoms with van der Waals surface area (Å²) in [6, 6.07) is 2.13. The van der Waals surface area contributed by atoms with Gasteiger partial charge in [0, 0.05) is 31.6 Å². The highest BCUT2D eigenvalue weighted by Crippen LogP contribution is 2.28. The molecule has 1 fully saturated rings. The van der Waals surface area contributed by atoms with Gasteiger partial charge in [0.2, 0.25) is 5.91 Å². The van der Waals surface area contributed by atoms with E-state index in [0.29, 0.717) is 12.3 Å². The largest absolute Gasteiger partial charge is 0.327 e. The van der Waals surface area contributed by atoms with Gasteiger partial charge in [-0.05, 0) is 25.2 Å². The zero-order chi connectivity index (χ0) is 13.2. The third-order valence-electron chi connectivity index (χ3n) is 4.43. The predicted octanol–water partition coefficient (Wildman–Crippen LogP) is 1.53. The molecule has 2 aliphatic rings. The van der Waals surface area contributed by atoms with Gasteiger partial charge in [0.15, 0.2) is 0 Å². The van der Waals surface area contributed by atoms with Crippen molar-refractivity contribution < 1.29 is 4.79 Å². The molecular weight excluding hydrogens is 240 g/mol. The van der Waals surface area contributed by atoms with Crippen molar-refractivity contribution in [2.24, 2.45) is 11.7 Å². The number of anilines is 1. The van der Waals surface area contributed by atoms with Crippen molar-refractivity contribution in [3.63, 3.8) is 0 Å². The van der Waals surface area contributed by atoms with E-state index in [0.717, 1.165) is 38.2 Å². The highest BCUT2D eigenvalue weighted by Gasteiger charge is 2.29. The Morgan fingerprint density at radius 2 is 2.16 bits per heavy atom. The first kappa shape index (κ1) is 12.7. The van der Waals surface area contributed by atoms with Crippen molar-refractivity contribution in [2.45, 2.75) is 51.1 Å². The summed E-state index contributed by atoms with van der Waals surface area (Å²) >= 11 is 0. The Balaban J connectivity index is 1.68. The fraction of sp³-hybridized carbons (Fsp3) is 0.714. The second-order valence-electron chi connectivity index (χ2n) is 5.72. The highest BCUT2D eigenvalue weighted by molar-refractivity contribution is 5.92. The van der Waals surface area contributed by atoms with Crippen LogP contribution in [0.15, 0.2) is 12.3 Å². The maximum absolute atomic E-state index is 12.5. The fourth-order valence-electron chi connectivity index (χ4n) is 3.30. The first-order valence-electron chi connectivity index (χ1n) is 7.33. The summed E-state index contributed by atoms with van der Waals surface area (Å²) in [6.07, 6.45) is 7.93. The van der Waals surface area contributed by atoms with Gasteiger partial charge >= 0.3 is 0 Å². The molecule has 1 aliphatic heterocycles. The number of hydrogen-bond donors (Lipinski definition) is 1. The molecule has 1 amide bonds. The van der Waals surface area contributed by atoms with E-state index < -0.39 is 0 Å². The Morgan fingerprint density at radius 3 is 3.00 bits per heavy atom. The van der Waals surface area contributed by atoms with Gasteiger partial charge in [-0.15, -0.1) is 0 Å². The lowest BCUT2D eigenvalue weighted by atomic mass is 9.82. The maximum atomic E-state index is 12.5. The zero-order valence-electron chi connectivity index (χ0n) is 11.3. The minimum atomic E-state index is 0.201. The molecule has 0 aromatic carbocycles. The van der Waals surface area contributed by atoms with E-state index in [1.807, 2.05) is 15.6 Å². The highest BCUT2D eigenvalue weighted by atomic mass is 16.2. The zero-order valence-corrected chi connectivity index (χ0v) is 11.3. The summed E-state index contributed by atoms with van der Waals surface area (Å²) in [7, 11) is 0. The molecule has 0 spiro atoms. The summed E-state index contributed by atoms with van der Waals surface area (Å²) < 4.78 is 1.92. The summed E-state index contributed by atoms with van der Waals surface area (Å²) in [5, 5.41) is 4.25. The van der Waals surface area contributed by atoms with Crippen LogP contribution in [0.3, 0.4) is 0 Å². The quantitative estimate of drug-likeness (QED) is 0.879. The molecule has 0 bridgehead atoms. The van der Waals surface area contributed by atoms with Gasteiger partial charge in [-0.2, -0.15) is 5.10 Å². The van der Waals surface area contributed by atoms with E-state index in [-0.39, 0.29) is 11.9 Å². The van der Waals surface area contributed by atoms with Crippen LogP contribution in [0.25, 0.3) is 0 Å². The van der Waals surface area contributed by atoms with E-state index >= 15 is 0 Å². The van der Waals surface area contributed by atoms with Crippen molar-refractivity contribution in [2.75, 3.05) is 11.4 Å². The average Bonchev–Trinajstić information content (AvgIpc) is 2.89. The van der Waals surface area contributed by atoms with E-state index in [2.05, 4.69) is 5.10 Å². The van der Waals surface area contributed by atoms with Gasteiger partial charge in [-0.1, -0.05) is 12.8 Å². The van der Waals surface area contributed by atoms with E-state index in [9.17, 15) is 4.79 Å². The second-order valence-corrected chi connectivity index (χ2v) is 5.72. The molecular formula is C14H22N4O. The number of nitrogens with two attached hydrogens (primary N) is 1. The molecule has 1 aliphatic carbocycles. The molecule has 0 saturated heterocycles. The standard InChI is InChI=1S/C14H22N4O/c15-12-5-2-1-4-11(12)10-14(19)17-8-3-9-18-13(17)6-7-16-18/h6-7,11-12H,1-5,8-10,15H2/t11-,12-/m1/s1. The number of carbonyl (C=O) groups is 1. The SMILES string of the molecule is N[C@@H]1CCCC[C@@H]1CC(=O)N1CCCn2nccc21. The number of amides is 1. The molecule has 3 rings (SSSR count). The summed E-state index contributed by atoms with van der Waals surface area (Å²) in [5.74, 6) is 1.52. The molecule has 1 aromatic heterocycles. The smallest absolute Gasteiger partial charge is 0.228 e. The lowest BCUT2D eigenvalue weighted by Crippen LogP contribution is -2.41. The molecule has 104 valence electrons.